The first-order valence-electron chi connectivity index (χ1n) is 4.04. The van der Waals surface area contributed by atoms with Crippen molar-refractivity contribution in [1.29, 1.82) is 0 Å². The Bertz CT molecular complexity index is 125. The summed E-state index contributed by atoms with van der Waals surface area (Å²) in [5.74, 6) is 0. The van der Waals surface area contributed by atoms with E-state index in [0.29, 0.717) is 12.7 Å². The molecule has 1 heterocycles. The molecule has 3 nitrogen and oxygen atoms in total. The van der Waals surface area contributed by atoms with Crippen molar-refractivity contribution in [3.63, 3.8) is 0 Å². The second-order valence-corrected chi connectivity index (χ2v) is 3.44. The molecule has 1 aliphatic heterocycles. The molecule has 3 heteroatoms. The van der Waals surface area contributed by atoms with Gasteiger partial charge in [-0.15, -0.1) is 0 Å². The van der Waals surface area contributed by atoms with Gasteiger partial charge in [0, 0.05) is 20.2 Å². The lowest BCUT2D eigenvalue weighted by molar-refractivity contribution is -0.127. The zero-order valence-electron chi connectivity index (χ0n) is 7.52. The molecule has 66 valence electrons. The summed E-state index contributed by atoms with van der Waals surface area (Å²) < 4.78 is 10.8. The van der Waals surface area contributed by atoms with E-state index in [-0.39, 0.29) is 5.60 Å². The monoisotopic (exact) mass is 159 g/mol. The number of methoxy groups -OCH3 is 1. The third kappa shape index (κ3) is 2.43. The normalized spacial score (nSPS) is 39.0. The van der Waals surface area contributed by atoms with E-state index in [9.17, 15) is 0 Å². The zero-order chi connectivity index (χ0) is 8.32. The number of morpholine rings is 1. The van der Waals surface area contributed by atoms with Crippen LogP contribution in [0.5, 0.6) is 0 Å². The standard InChI is InChI=1S/C8H17NO2/c1-7-4-9-5-8(2,11-7)6-10-3/h7,9H,4-6H2,1-3H3. The van der Waals surface area contributed by atoms with E-state index in [1.807, 2.05) is 0 Å². The Morgan fingerprint density at radius 2 is 2.45 bits per heavy atom. The minimum atomic E-state index is -0.133. The molecule has 0 aromatic rings. The van der Waals surface area contributed by atoms with E-state index in [1.165, 1.54) is 0 Å². The van der Waals surface area contributed by atoms with Crippen LogP contribution in [0, 0.1) is 0 Å². The number of hydrogen-bond donors (Lipinski definition) is 1. The van der Waals surface area contributed by atoms with Crippen LogP contribution in [-0.2, 0) is 9.47 Å². The molecule has 2 unspecified atom stereocenters. The summed E-state index contributed by atoms with van der Waals surface area (Å²) in [5.41, 5.74) is -0.133. The first-order valence-corrected chi connectivity index (χ1v) is 4.04. The Kier molecular flexibility index (Phi) is 2.87. The highest BCUT2D eigenvalue weighted by Gasteiger charge is 2.30. The molecule has 1 rings (SSSR count). The Labute approximate surface area is 68.1 Å². The largest absolute Gasteiger partial charge is 0.382 e. The van der Waals surface area contributed by atoms with Crippen LogP contribution in [0.3, 0.4) is 0 Å². The second-order valence-electron chi connectivity index (χ2n) is 3.44. The van der Waals surface area contributed by atoms with Crippen LogP contribution >= 0.6 is 0 Å². The third-order valence-corrected chi connectivity index (χ3v) is 1.87. The van der Waals surface area contributed by atoms with Gasteiger partial charge in [-0.3, -0.25) is 0 Å². The van der Waals surface area contributed by atoms with Gasteiger partial charge in [-0.2, -0.15) is 0 Å². The van der Waals surface area contributed by atoms with Crippen molar-refractivity contribution in [3.05, 3.63) is 0 Å². The Morgan fingerprint density at radius 3 is 3.00 bits per heavy atom. The van der Waals surface area contributed by atoms with Gasteiger partial charge in [-0.25, -0.2) is 0 Å². The van der Waals surface area contributed by atoms with Crippen LogP contribution < -0.4 is 5.32 Å². The summed E-state index contributed by atoms with van der Waals surface area (Å²) >= 11 is 0. The van der Waals surface area contributed by atoms with Crippen molar-refractivity contribution in [1.82, 2.24) is 5.32 Å². The highest BCUT2D eigenvalue weighted by Crippen LogP contribution is 2.15. The van der Waals surface area contributed by atoms with Gasteiger partial charge in [0.2, 0.25) is 0 Å². The molecule has 0 aromatic heterocycles. The molecule has 0 radical (unpaired) electrons. The summed E-state index contributed by atoms with van der Waals surface area (Å²) in [6.45, 7) is 6.62. The van der Waals surface area contributed by atoms with Crippen molar-refractivity contribution >= 4 is 0 Å². The second kappa shape index (κ2) is 3.52. The molecule has 0 saturated carbocycles. The molecule has 0 bridgehead atoms. The smallest absolute Gasteiger partial charge is 0.101 e. The van der Waals surface area contributed by atoms with E-state index < -0.39 is 0 Å². The predicted molar refractivity (Wildman–Crippen MR) is 43.7 cm³/mol. The maximum atomic E-state index is 5.73. The fourth-order valence-electron chi connectivity index (χ4n) is 1.50. The van der Waals surface area contributed by atoms with Gasteiger partial charge >= 0.3 is 0 Å². The summed E-state index contributed by atoms with van der Waals surface area (Å²) in [7, 11) is 1.70. The summed E-state index contributed by atoms with van der Waals surface area (Å²) in [6.07, 6.45) is 0.295. The van der Waals surface area contributed by atoms with Crippen LogP contribution in [-0.4, -0.2) is 38.5 Å². The lowest BCUT2D eigenvalue weighted by atomic mass is 10.1. The van der Waals surface area contributed by atoms with Gasteiger partial charge in [0.05, 0.1) is 12.7 Å². The van der Waals surface area contributed by atoms with Crippen molar-refractivity contribution in [2.75, 3.05) is 26.8 Å². The number of nitrogens with one attached hydrogen (secondary N) is 1. The average molecular weight is 159 g/mol. The predicted octanol–water partition coefficient (Wildman–Crippen LogP) is 0.400. The maximum Gasteiger partial charge on any atom is 0.101 e. The first kappa shape index (κ1) is 8.97. The van der Waals surface area contributed by atoms with E-state index in [1.54, 1.807) is 7.11 Å². The summed E-state index contributed by atoms with van der Waals surface area (Å²) in [6, 6.07) is 0. The summed E-state index contributed by atoms with van der Waals surface area (Å²) in [4.78, 5) is 0. The molecule has 11 heavy (non-hydrogen) atoms. The topological polar surface area (TPSA) is 30.5 Å². The van der Waals surface area contributed by atoms with Crippen LogP contribution in [0.1, 0.15) is 13.8 Å². The molecule has 1 N–H and O–H groups in total. The van der Waals surface area contributed by atoms with E-state index in [2.05, 4.69) is 19.2 Å². The molecule has 2 atom stereocenters. The van der Waals surface area contributed by atoms with E-state index in [4.69, 9.17) is 9.47 Å². The van der Waals surface area contributed by atoms with Gasteiger partial charge in [-0.1, -0.05) is 0 Å². The highest BCUT2D eigenvalue weighted by molar-refractivity contribution is 4.83. The Balaban J connectivity index is 2.41. The number of ether oxygens (including phenoxy) is 2. The fraction of sp³-hybridized carbons (Fsp3) is 1.00. The number of rotatable bonds is 2. The molecule has 1 fully saturated rings. The molecular weight excluding hydrogens is 142 g/mol. The molecule has 0 spiro atoms. The van der Waals surface area contributed by atoms with Crippen LogP contribution in [0.4, 0.5) is 0 Å². The third-order valence-electron chi connectivity index (χ3n) is 1.87. The van der Waals surface area contributed by atoms with Gasteiger partial charge < -0.3 is 14.8 Å². The van der Waals surface area contributed by atoms with Crippen molar-refractivity contribution < 1.29 is 9.47 Å². The van der Waals surface area contributed by atoms with E-state index >= 15 is 0 Å². The van der Waals surface area contributed by atoms with Crippen LogP contribution in [0.25, 0.3) is 0 Å². The Hall–Kier alpha value is -0.120. The lowest BCUT2D eigenvalue weighted by Crippen LogP contribution is -2.53. The van der Waals surface area contributed by atoms with Crippen LogP contribution in [0.2, 0.25) is 0 Å². The fourth-order valence-corrected chi connectivity index (χ4v) is 1.50. The molecule has 0 aliphatic carbocycles. The van der Waals surface area contributed by atoms with Crippen molar-refractivity contribution in [2.45, 2.75) is 25.6 Å². The minimum Gasteiger partial charge on any atom is -0.382 e. The maximum absolute atomic E-state index is 5.73. The highest BCUT2D eigenvalue weighted by atomic mass is 16.5. The molecule has 0 aromatic carbocycles. The van der Waals surface area contributed by atoms with Gasteiger partial charge in [0.1, 0.15) is 5.60 Å². The van der Waals surface area contributed by atoms with Crippen LogP contribution in [0.15, 0.2) is 0 Å². The van der Waals surface area contributed by atoms with Gasteiger partial charge in [-0.05, 0) is 13.8 Å². The quantitative estimate of drug-likeness (QED) is 0.632. The summed E-state index contributed by atoms with van der Waals surface area (Å²) in [5, 5.41) is 3.30. The zero-order valence-corrected chi connectivity index (χ0v) is 7.52. The molecule has 1 saturated heterocycles. The molecular formula is C8H17NO2. The van der Waals surface area contributed by atoms with Gasteiger partial charge in [0.15, 0.2) is 0 Å². The SMILES string of the molecule is COCC1(C)CNCC(C)O1. The lowest BCUT2D eigenvalue weighted by Gasteiger charge is -2.37. The van der Waals surface area contributed by atoms with Crippen molar-refractivity contribution in [2.24, 2.45) is 0 Å². The van der Waals surface area contributed by atoms with Crippen molar-refractivity contribution in [3.8, 4) is 0 Å². The van der Waals surface area contributed by atoms with Gasteiger partial charge in [0.25, 0.3) is 0 Å². The van der Waals surface area contributed by atoms with E-state index in [0.717, 1.165) is 13.1 Å². The molecule has 0 amide bonds. The molecule has 1 aliphatic rings. The minimum absolute atomic E-state index is 0.133. The Morgan fingerprint density at radius 1 is 1.73 bits per heavy atom. The number of hydrogen-bond acceptors (Lipinski definition) is 3. The average Bonchev–Trinajstić information content (AvgIpc) is 1.86. The first-order chi connectivity index (χ1) is 5.16.